The molecule has 0 bridgehead atoms. The van der Waals surface area contributed by atoms with Gasteiger partial charge in [0.2, 0.25) is 0 Å². The van der Waals surface area contributed by atoms with Crippen LogP contribution < -0.4 is 9.65 Å². The molecular weight excluding hydrogens is 406 g/mol. The second-order valence-electron chi connectivity index (χ2n) is 7.90. The number of ether oxygens (including phenoxy) is 1. The van der Waals surface area contributed by atoms with Crippen LogP contribution in [0.4, 0.5) is 8.68 Å². The minimum Gasteiger partial charge on any atom is -0.444 e. The van der Waals surface area contributed by atoms with Gasteiger partial charge in [0.15, 0.2) is 0 Å². The third kappa shape index (κ3) is 7.14. The van der Waals surface area contributed by atoms with Crippen LogP contribution in [0, 0.1) is 6.92 Å². The summed E-state index contributed by atoms with van der Waals surface area (Å²) < 4.78 is 44.4. The van der Waals surface area contributed by atoms with Crippen molar-refractivity contribution in [1.82, 2.24) is 9.80 Å². The van der Waals surface area contributed by atoms with Crippen molar-refractivity contribution < 1.29 is 36.1 Å². The summed E-state index contributed by atoms with van der Waals surface area (Å²) in [5.41, 5.74) is 0.325. The van der Waals surface area contributed by atoms with Crippen LogP contribution in [0.15, 0.2) is 12.1 Å². The molecule has 1 aliphatic heterocycles. The number of piperazine rings is 1. The first-order valence-corrected chi connectivity index (χ1v) is 10.4. The van der Waals surface area contributed by atoms with Gasteiger partial charge in [0, 0.05) is 32.7 Å². The maximum absolute atomic E-state index is 13.0. The maximum Gasteiger partial charge on any atom is 0.488 e. The van der Waals surface area contributed by atoms with Crippen LogP contribution in [0.1, 0.15) is 31.9 Å². The average molecular weight is 432 g/mol. The summed E-state index contributed by atoms with van der Waals surface area (Å²) in [5.74, 6) is -0.305. The summed E-state index contributed by atoms with van der Waals surface area (Å²) in [6.45, 7) is 9.22. The molecule has 0 saturated carbocycles. The highest BCUT2D eigenvalue weighted by molar-refractivity contribution is 7.81. The first-order chi connectivity index (χ1) is 13.2. The lowest BCUT2D eigenvalue weighted by Crippen LogP contribution is -2.49. The highest BCUT2D eigenvalue weighted by Crippen LogP contribution is 2.24. The molecule has 0 aromatic heterocycles. The van der Waals surface area contributed by atoms with Gasteiger partial charge in [-0.15, -0.1) is 0 Å². The van der Waals surface area contributed by atoms with Gasteiger partial charge < -0.3 is 23.9 Å². The molecule has 1 amide bonds. The van der Waals surface area contributed by atoms with E-state index >= 15 is 0 Å². The first-order valence-electron chi connectivity index (χ1n) is 9.09. The van der Waals surface area contributed by atoms with E-state index in [1.165, 1.54) is 6.07 Å². The van der Waals surface area contributed by atoms with Crippen LogP contribution in [-0.4, -0.2) is 73.3 Å². The summed E-state index contributed by atoms with van der Waals surface area (Å²) in [6, 6.07) is 2.57. The fourth-order valence-electron chi connectivity index (χ4n) is 2.93. The van der Waals surface area contributed by atoms with Gasteiger partial charge in [0.25, 0.3) is 0 Å². The molecule has 0 spiro atoms. The van der Waals surface area contributed by atoms with Gasteiger partial charge in [0.1, 0.15) is 11.4 Å². The molecule has 1 aromatic carbocycles. The molecule has 1 aliphatic rings. The fraction of sp³-hybridized carbons (Fsp3) is 0.588. The van der Waals surface area contributed by atoms with Crippen molar-refractivity contribution in [3.63, 3.8) is 0 Å². The highest BCUT2D eigenvalue weighted by Gasteiger charge is 2.27. The van der Waals surface area contributed by atoms with E-state index < -0.39 is 23.2 Å². The molecule has 0 unspecified atom stereocenters. The Labute approximate surface area is 170 Å². The number of amides is 1. The van der Waals surface area contributed by atoms with E-state index in [9.17, 15) is 27.1 Å². The van der Waals surface area contributed by atoms with Crippen molar-refractivity contribution in [3.05, 3.63) is 23.3 Å². The van der Waals surface area contributed by atoms with E-state index in [4.69, 9.17) is 4.74 Å². The molecule has 2 rings (SSSR count). The van der Waals surface area contributed by atoms with E-state index in [0.717, 1.165) is 6.07 Å². The summed E-state index contributed by atoms with van der Waals surface area (Å²) in [7, 11) is -7.13. The van der Waals surface area contributed by atoms with E-state index in [1.807, 2.05) is 4.90 Å². The number of benzene rings is 1. The van der Waals surface area contributed by atoms with Crippen LogP contribution in [0.5, 0.6) is 5.75 Å². The maximum atomic E-state index is 13.0. The molecule has 1 fully saturated rings. The molecule has 162 valence electrons. The van der Waals surface area contributed by atoms with Crippen molar-refractivity contribution in [3.8, 4) is 5.75 Å². The van der Waals surface area contributed by atoms with Gasteiger partial charge in [-0.3, -0.25) is 4.90 Å². The smallest absolute Gasteiger partial charge is 0.444 e. The molecule has 2 N–H and O–H groups in total. The SMILES string of the molecule is Cc1c(CN2CCN(C(=O)OC(C)(C)C)CC2)cc(B(O)O)cc1OS(=O)(=O)F. The molecule has 12 heteroatoms. The largest absolute Gasteiger partial charge is 0.488 e. The lowest BCUT2D eigenvalue weighted by atomic mass is 9.78. The Morgan fingerprint density at radius 1 is 1.21 bits per heavy atom. The van der Waals surface area contributed by atoms with Crippen molar-refractivity contribution in [2.75, 3.05) is 26.2 Å². The Morgan fingerprint density at radius 3 is 2.28 bits per heavy atom. The van der Waals surface area contributed by atoms with Gasteiger partial charge in [-0.25, -0.2) is 4.79 Å². The van der Waals surface area contributed by atoms with Gasteiger partial charge in [-0.1, -0.05) is 9.95 Å². The van der Waals surface area contributed by atoms with E-state index in [1.54, 1.807) is 32.6 Å². The molecule has 9 nitrogen and oxygen atoms in total. The minimum atomic E-state index is -5.26. The first kappa shape index (κ1) is 23.4. The zero-order valence-corrected chi connectivity index (χ0v) is 17.7. The molecule has 29 heavy (non-hydrogen) atoms. The van der Waals surface area contributed by atoms with E-state index in [0.29, 0.717) is 43.9 Å². The number of carbonyl (C=O) groups excluding carboxylic acids is 1. The Bertz CT molecular complexity index is 850. The number of hydrogen-bond donors (Lipinski definition) is 2. The zero-order chi connectivity index (χ0) is 22.0. The van der Waals surface area contributed by atoms with Crippen LogP contribution in [-0.2, 0) is 21.8 Å². The standard InChI is InChI=1S/C17H26BFN2O7S/c1-12-13(9-14(18(23)24)10-15(12)28-29(19,25)26)11-20-5-7-21(8-6-20)16(22)27-17(2,3)4/h9-10,23-24H,5-8,11H2,1-4H3. The molecule has 1 aromatic rings. The molecule has 0 radical (unpaired) electrons. The number of rotatable bonds is 5. The summed E-state index contributed by atoms with van der Waals surface area (Å²) in [4.78, 5) is 15.8. The molecule has 1 saturated heterocycles. The Kier molecular flexibility index (Phi) is 7.15. The second-order valence-corrected chi connectivity index (χ2v) is 8.85. The lowest BCUT2D eigenvalue weighted by molar-refractivity contribution is 0.0139. The summed E-state index contributed by atoms with van der Waals surface area (Å²) in [6.07, 6.45) is -0.387. The fourth-order valence-corrected chi connectivity index (χ4v) is 3.32. The molecule has 1 heterocycles. The van der Waals surface area contributed by atoms with Gasteiger partial charge in [-0.2, -0.15) is 8.42 Å². The van der Waals surface area contributed by atoms with Gasteiger partial charge in [0.05, 0.1) is 0 Å². The third-order valence-corrected chi connectivity index (χ3v) is 4.77. The normalized spacial score (nSPS) is 15.9. The van der Waals surface area contributed by atoms with E-state index in [2.05, 4.69) is 4.18 Å². The van der Waals surface area contributed by atoms with Gasteiger partial charge >= 0.3 is 23.7 Å². The van der Waals surface area contributed by atoms with Crippen molar-refractivity contribution in [2.45, 2.75) is 39.8 Å². The Hall–Kier alpha value is -1.89. The van der Waals surface area contributed by atoms with Crippen molar-refractivity contribution >= 4 is 29.2 Å². The second kappa shape index (κ2) is 8.86. The van der Waals surface area contributed by atoms with Gasteiger partial charge in [-0.05, 0) is 50.4 Å². The van der Waals surface area contributed by atoms with Crippen LogP contribution >= 0.6 is 0 Å². The topological polar surface area (TPSA) is 117 Å². The Morgan fingerprint density at radius 2 is 1.79 bits per heavy atom. The zero-order valence-electron chi connectivity index (χ0n) is 16.9. The quantitative estimate of drug-likeness (QED) is 0.505. The number of nitrogens with zero attached hydrogens (tertiary/aromatic N) is 2. The number of halogens is 1. The highest BCUT2D eigenvalue weighted by atomic mass is 32.3. The minimum absolute atomic E-state index is 0.0170. The van der Waals surface area contributed by atoms with Crippen LogP contribution in [0.2, 0.25) is 0 Å². The summed E-state index contributed by atoms with van der Waals surface area (Å²) in [5, 5.41) is 18.9. The number of carbonyl (C=O) groups is 1. The van der Waals surface area contributed by atoms with E-state index in [-0.39, 0.29) is 17.3 Å². The van der Waals surface area contributed by atoms with Crippen LogP contribution in [0.25, 0.3) is 0 Å². The predicted octanol–water partition coefficient (Wildman–Crippen LogP) is 0.321. The number of hydrogen-bond acceptors (Lipinski definition) is 8. The predicted molar refractivity (Wildman–Crippen MR) is 105 cm³/mol. The molecule has 0 aliphatic carbocycles. The monoisotopic (exact) mass is 432 g/mol. The lowest BCUT2D eigenvalue weighted by Gasteiger charge is -2.35. The van der Waals surface area contributed by atoms with Crippen LogP contribution in [0.3, 0.4) is 0 Å². The third-order valence-electron chi connectivity index (χ3n) is 4.40. The molecule has 0 atom stereocenters. The molecular formula is C17H26BFN2O7S. The summed E-state index contributed by atoms with van der Waals surface area (Å²) >= 11 is 0. The average Bonchev–Trinajstić information content (AvgIpc) is 2.56. The van der Waals surface area contributed by atoms with Crippen molar-refractivity contribution in [2.24, 2.45) is 0 Å². The van der Waals surface area contributed by atoms with Crippen molar-refractivity contribution in [1.29, 1.82) is 0 Å². The Balaban J connectivity index is 2.11.